The highest BCUT2D eigenvalue weighted by molar-refractivity contribution is 7.89. The summed E-state index contributed by atoms with van der Waals surface area (Å²) in [5, 5.41) is 4.87. The molecule has 1 saturated heterocycles. The number of halogens is 1. The number of hydrogen-bond acceptors (Lipinski definition) is 5. The van der Waals surface area contributed by atoms with Crippen molar-refractivity contribution in [3.63, 3.8) is 0 Å². The van der Waals surface area contributed by atoms with Crippen LogP contribution in [0.15, 0.2) is 28.0 Å². The molecule has 1 aliphatic heterocycles. The fourth-order valence-corrected chi connectivity index (χ4v) is 3.97. The highest BCUT2D eigenvalue weighted by atomic mass is 32.2. The van der Waals surface area contributed by atoms with Gasteiger partial charge in [0.25, 0.3) is 0 Å². The van der Waals surface area contributed by atoms with Gasteiger partial charge in [0.15, 0.2) is 0 Å². The molecule has 1 heterocycles. The molecule has 0 radical (unpaired) electrons. The van der Waals surface area contributed by atoms with Crippen LogP contribution in [-0.2, 0) is 24.8 Å². The minimum Gasteiger partial charge on any atom is -0.380 e. The third kappa shape index (κ3) is 3.24. The summed E-state index contributed by atoms with van der Waals surface area (Å²) in [5.41, 5.74) is 0. The number of likely N-dealkylation sites (N-methyl/N-ethyl adjacent to an activating group) is 1. The first-order chi connectivity index (χ1) is 9.64. The maximum atomic E-state index is 14.0. The smallest absolute Gasteiger partial charge is 0.246 e. The molecule has 1 aliphatic rings. The monoisotopic (exact) mass is 338 g/mol. The van der Waals surface area contributed by atoms with Gasteiger partial charge in [-0.1, -0.05) is 0 Å². The predicted molar refractivity (Wildman–Crippen MR) is 71.9 cm³/mol. The molecule has 1 unspecified atom stereocenters. The number of benzene rings is 1. The Morgan fingerprint density at radius 1 is 1.33 bits per heavy atom. The van der Waals surface area contributed by atoms with Crippen molar-refractivity contribution < 1.29 is 26.0 Å². The van der Waals surface area contributed by atoms with Crippen LogP contribution < -0.4 is 5.14 Å². The van der Waals surface area contributed by atoms with Gasteiger partial charge in [0.2, 0.25) is 20.0 Å². The number of nitrogens with zero attached hydrogens (tertiary/aromatic N) is 1. The molecule has 0 amide bonds. The Labute approximate surface area is 122 Å². The Hall–Kier alpha value is -1.07. The molecule has 1 aromatic rings. The Balaban J connectivity index is 2.41. The Bertz CT molecular complexity index is 742. The zero-order valence-corrected chi connectivity index (χ0v) is 12.8. The summed E-state index contributed by atoms with van der Waals surface area (Å²) in [6, 6.07) is 2.09. The lowest BCUT2D eigenvalue weighted by atomic mass is 10.3. The number of primary sulfonamides is 1. The van der Waals surface area contributed by atoms with Crippen molar-refractivity contribution in [2.24, 2.45) is 5.14 Å². The highest BCUT2D eigenvalue weighted by Crippen LogP contribution is 2.24. The van der Waals surface area contributed by atoms with E-state index in [1.807, 2.05) is 0 Å². The van der Waals surface area contributed by atoms with Crippen molar-refractivity contribution in [2.45, 2.75) is 22.3 Å². The van der Waals surface area contributed by atoms with Crippen LogP contribution in [0.25, 0.3) is 0 Å². The lowest BCUT2D eigenvalue weighted by Gasteiger charge is -2.22. The van der Waals surface area contributed by atoms with Crippen LogP contribution in [0.5, 0.6) is 0 Å². The number of nitrogens with two attached hydrogens (primary N) is 1. The van der Waals surface area contributed by atoms with E-state index >= 15 is 0 Å². The lowest BCUT2D eigenvalue weighted by molar-refractivity contribution is 0.180. The number of hydrogen-bond donors (Lipinski definition) is 1. The fraction of sp³-hybridized carbons (Fsp3) is 0.455. The SMILES string of the molecule is CN(C1CCOC1)S(=O)(=O)c1ccc(S(N)(=O)=O)cc1F. The molecule has 0 aromatic heterocycles. The number of ether oxygens (including phenoxy) is 1. The third-order valence-corrected chi connectivity index (χ3v) is 6.16. The maximum absolute atomic E-state index is 14.0. The number of sulfonamides is 2. The van der Waals surface area contributed by atoms with Gasteiger partial charge in [0, 0.05) is 13.7 Å². The molecule has 2 N–H and O–H groups in total. The fourth-order valence-electron chi connectivity index (χ4n) is 2.03. The molecular formula is C11H15FN2O5S2. The van der Waals surface area contributed by atoms with Gasteiger partial charge in [-0.05, 0) is 24.6 Å². The van der Waals surface area contributed by atoms with Crippen LogP contribution >= 0.6 is 0 Å². The first-order valence-corrected chi connectivity index (χ1v) is 9.01. The van der Waals surface area contributed by atoms with Crippen molar-refractivity contribution in [3.05, 3.63) is 24.0 Å². The summed E-state index contributed by atoms with van der Waals surface area (Å²) in [4.78, 5) is -1.07. The van der Waals surface area contributed by atoms with E-state index in [1.54, 1.807) is 0 Å². The van der Waals surface area contributed by atoms with Crippen LogP contribution in [0, 0.1) is 5.82 Å². The van der Waals surface area contributed by atoms with Gasteiger partial charge < -0.3 is 4.74 Å². The first kappa shape index (κ1) is 16.3. The second-order valence-electron chi connectivity index (χ2n) is 4.68. The van der Waals surface area contributed by atoms with Gasteiger partial charge >= 0.3 is 0 Å². The minimum absolute atomic E-state index is 0.243. The van der Waals surface area contributed by atoms with Crippen molar-refractivity contribution in [1.82, 2.24) is 4.31 Å². The molecule has 0 bridgehead atoms. The van der Waals surface area contributed by atoms with Crippen molar-refractivity contribution in [1.29, 1.82) is 0 Å². The molecule has 118 valence electrons. The van der Waals surface area contributed by atoms with Crippen LogP contribution in [0.1, 0.15) is 6.42 Å². The van der Waals surface area contributed by atoms with Gasteiger partial charge in [-0.15, -0.1) is 0 Å². The summed E-state index contributed by atoms with van der Waals surface area (Å²) < 4.78 is 67.1. The van der Waals surface area contributed by atoms with Crippen molar-refractivity contribution in [3.8, 4) is 0 Å². The summed E-state index contributed by atoms with van der Waals surface area (Å²) in [7, 11) is -6.83. The zero-order valence-electron chi connectivity index (χ0n) is 11.2. The van der Waals surface area contributed by atoms with E-state index in [2.05, 4.69) is 0 Å². The average Bonchev–Trinajstić information content (AvgIpc) is 2.89. The zero-order chi connectivity index (χ0) is 15.8. The second kappa shape index (κ2) is 5.61. The number of rotatable bonds is 4. The lowest BCUT2D eigenvalue weighted by Crippen LogP contribution is -2.37. The average molecular weight is 338 g/mol. The van der Waals surface area contributed by atoms with Gasteiger partial charge in [-0.25, -0.2) is 26.4 Å². The minimum atomic E-state index is -4.09. The van der Waals surface area contributed by atoms with Gasteiger partial charge in [0.1, 0.15) is 10.7 Å². The van der Waals surface area contributed by atoms with Crippen LogP contribution in [0.4, 0.5) is 4.39 Å². The normalized spacial score (nSPS) is 20.1. The highest BCUT2D eigenvalue weighted by Gasteiger charge is 2.32. The summed E-state index contributed by atoms with van der Waals surface area (Å²) in [5.74, 6) is -1.16. The van der Waals surface area contributed by atoms with E-state index in [0.29, 0.717) is 19.1 Å². The van der Waals surface area contributed by atoms with E-state index in [4.69, 9.17) is 9.88 Å². The summed E-state index contributed by atoms with van der Waals surface area (Å²) in [6.45, 7) is 0.684. The summed E-state index contributed by atoms with van der Waals surface area (Å²) >= 11 is 0. The quantitative estimate of drug-likeness (QED) is 0.824. The molecule has 0 aliphatic carbocycles. The summed E-state index contributed by atoms with van der Waals surface area (Å²) in [6.07, 6.45) is 0.520. The second-order valence-corrected chi connectivity index (χ2v) is 8.20. The molecule has 0 saturated carbocycles. The predicted octanol–water partition coefficient (Wildman–Crippen LogP) is -0.117. The van der Waals surface area contributed by atoms with E-state index in [-0.39, 0.29) is 12.6 Å². The molecule has 10 heteroatoms. The molecule has 1 atom stereocenters. The Morgan fingerprint density at radius 2 is 2.00 bits per heavy atom. The molecule has 0 spiro atoms. The van der Waals surface area contributed by atoms with Gasteiger partial charge in [-0.2, -0.15) is 4.31 Å². The van der Waals surface area contributed by atoms with Crippen molar-refractivity contribution in [2.75, 3.05) is 20.3 Å². The van der Waals surface area contributed by atoms with Gasteiger partial charge in [0.05, 0.1) is 17.5 Å². The van der Waals surface area contributed by atoms with Crippen LogP contribution in [0.3, 0.4) is 0 Å². The molecule has 1 aromatic carbocycles. The Morgan fingerprint density at radius 3 is 2.48 bits per heavy atom. The molecular weight excluding hydrogens is 323 g/mol. The van der Waals surface area contributed by atoms with E-state index in [9.17, 15) is 21.2 Å². The van der Waals surface area contributed by atoms with Gasteiger partial charge in [-0.3, -0.25) is 0 Å². The van der Waals surface area contributed by atoms with Crippen LogP contribution in [0.2, 0.25) is 0 Å². The van der Waals surface area contributed by atoms with E-state index < -0.39 is 35.7 Å². The van der Waals surface area contributed by atoms with Crippen molar-refractivity contribution >= 4 is 20.0 Å². The van der Waals surface area contributed by atoms with E-state index in [0.717, 1.165) is 16.4 Å². The molecule has 2 rings (SSSR count). The van der Waals surface area contributed by atoms with Crippen LogP contribution in [-0.4, -0.2) is 47.4 Å². The molecule has 21 heavy (non-hydrogen) atoms. The standard InChI is InChI=1S/C11H15FN2O5S2/c1-14(8-4-5-19-7-8)21(17,18)11-3-2-9(6-10(11)12)20(13,15)16/h2-3,6,8H,4-5,7H2,1H3,(H2,13,15,16). The maximum Gasteiger partial charge on any atom is 0.246 e. The largest absolute Gasteiger partial charge is 0.380 e. The molecule has 1 fully saturated rings. The van der Waals surface area contributed by atoms with E-state index in [1.165, 1.54) is 7.05 Å². The topological polar surface area (TPSA) is 107 Å². The first-order valence-electron chi connectivity index (χ1n) is 6.02. The Kier molecular flexibility index (Phi) is 4.36. The third-order valence-electron chi connectivity index (χ3n) is 3.31. The molecule has 7 nitrogen and oxygen atoms in total.